The maximum atomic E-state index is 12.6. The van der Waals surface area contributed by atoms with Gasteiger partial charge >= 0.3 is 0 Å². The van der Waals surface area contributed by atoms with Crippen LogP contribution in [0.2, 0.25) is 0 Å². The quantitative estimate of drug-likeness (QED) is 0.234. The van der Waals surface area contributed by atoms with E-state index in [9.17, 15) is 4.79 Å². The summed E-state index contributed by atoms with van der Waals surface area (Å²) in [6, 6.07) is 0.122. The van der Waals surface area contributed by atoms with Crippen molar-refractivity contribution in [1.82, 2.24) is 4.90 Å². The Hall–Kier alpha value is -1.26. The van der Waals surface area contributed by atoms with E-state index in [1.165, 1.54) is 0 Å². The molecule has 112 valence electrons. The fourth-order valence-electron chi connectivity index (χ4n) is 2.15. The van der Waals surface area contributed by atoms with Crippen molar-refractivity contribution in [3.8, 4) is 0 Å². The first-order chi connectivity index (χ1) is 8.86. The van der Waals surface area contributed by atoms with Crippen molar-refractivity contribution in [2.75, 3.05) is 6.54 Å². The van der Waals surface area contributed by atoms with Gasteiger partial charge in [0, 0.05) is 12.6 Å². The predicted octanol–water partition coefficient (Wildman–Crippen LogP) is 2.43. The van der Waals surface area contributed by atoms with E-state index in [1.54, 1.807) is 0 Å². The van der Waals surface area contributed by atoms with Crippen LogP contribution in [0.1, 0.15) is 53.9 Å². The second-order valence-corrected chi connectivity index (χ2v) is 5.58. The zero-order valence-corrected chi connectivity index (χ0v) is 12.9. The Morgan fingerprint density at radius 1 is 1.26 bits per heavy atom. The Kier molecular flexibility index (Phi) is 8.19. The molecule has 1 atom stereocenters. The number of nitrogens with two attached hydrogens (primary N) is 1. The smallest absolute Gasteiger partial charge is 0.233 e. The van der Waals surface area contributed by atoms with Gasteiger partial charge in [-0.2, -0.15) is 0 Å². The van der Waals surface area contributed by atoms with Gasteiger partial charge in [-0.15, -0.1) is 0 Å². The monoisotopic (exact) mass is 271 g/mol. The molecule has 19 heavy (non-hydrogen) atoms. The van der Waals surface area contributed by atoms with E-state index in [4.69, 9.17) is 10.9 Å². The number of amides is 1. The van der Waals surface area contributed by atoms with Crippen LogP contribution < -0.4 is 5.73 Å². The molecule has 0 saturated carbocycles. The highest BCUT2D eigenvalue weighted by atomic mass is 16.4. The summed E-state index contributed by atoms with van der Waals surface area (Å²) in [6.45, 7) is 10.7. The van der Waals surface area contributed by atoms with Crippen LogP contribution in [0.3, 0.4) is 0 Å². The molecule has 1 amide bonds. The first kappa shape index (κ1) is 17.7. The lowest BCUT2D eigenvalue weighted by Gasteiger charge is -2.31. The van der Waals surface area contributed by atoms with E-state index in [0.29, 0.717) is 0 Å². The molecule has 5 nitrogen and oxygen atoms in total. The van der Waals surface area contributed by atoms with E-state index in [2.05, 4.69) is 12.1 Å². The molecule has 1 unspecified atom stereocenters. The van der Waals surface area contributed by atoms with Gasteiger partial charge in [0.2, 0.25) is 5.91 Å². The Balaban J connectivity index is 4.93. The Morgan fingerprint density at radius 2 is 1.84 bits per heavy atom. The molecule has 5 heteroatoms. The third-order valence-electron chi connectivity index (χ3n) is 3.28. The first-order valence-electron chi connectivity index (χ1n) is 7.14. The highest BCUT2D eigenvalue weighted by Gasteiger charge is 2.31. The van der Waals surface area contributed by atoms with Crippen molar-refractivity contribution >= 4 is 11.7 Å². The molecule has 0 aliphatic carbocycles. The molecule has 0 bridgehead atoms. The Morgan fingerprint density at radius 3 is 2.21 bits per heavy atom. The van der Waals surface area contributed by atoms with Crippen molar-refractivity contribution in [2.45, 2.75) is 59.9 Å². The van der Waals surface area contributed by atoms with Gasteiger partial charge in [0.25, 0.3) is 0 Å². The molecule has 0 aromatic rings. The summed E-state index contributed by atoms with van der Waals surface area (Å²) >= 11 is 0. The van der Waals surface area contributed by atoms with Crippen molar-refractivity contribution in [3.05, 3.63) is 0 Å². The van der Waals surface area contributed by atoms with Crippen LogP contribution in [0.5, 0.6) is 0 Å². The van der Waals surface area contributed by atoms with Gasteiger partial charge in [-0.3, -0.25) is 4.79 Å². The molecule has 0 aromatic carbocycles. The largest absolute Gasteiger partial charge is 0.409 e. The zero-order valence-electron chi connectivity index (χ0n) is 12.9. The lowest BCUT2D eigenvalue weighted by atomic mass is 9.92. The second kappa shape index (κ2) is 8.77. The number of rotatable bonds is 8. The number of carbonyl (C=O) groups is 1. The van der Waals surface area contributed by atoms with E-state index >= 15 is 0 Å². The fourth-order valence-corrected chi connectivity index (χ4v) is 2.15. The fraction of sp³-hybridized carbons (Fsp3) is 0.857. The van der Waals surface area contributed by atoms with Crippen LogP contribution in [0.15, 0.2) is 5.16 Å². The average molecular weight is 271 g/mol. The van der Waals surface area contributed by atoms with Gasteiger partial charge in [0.15, 0.2) is 5.84 Å². The molecule has 0 saturated heterocycles. The standard InChI is InChI=1S/C14H29N3O2/c1-6-7-8-9-17(11(4)5)14(18)12(10(2)3)13(15)16-19/h10-12,19H,6-9H2,1-5H3,(H2,15,16). The molecule has 0 aromatic heterocycles. The van der Waals surface area contributed by atoms with Crippen LogP contribution in [-0.4, -0.2) is 34.4 Å². The average Bonchev–Trinajstić information content (AvgIpc) is 2.33. The molecule has 0 radical (unpaired) electrons. The maximum Gasteiger partial charge on any atom is 0.233 e. The van der Waals surface area contributed by atoms with Gasteiger partial charge < -0.3 is 15.8 Å². The third kappa shape index (κ3) is 5.49. The summed E-state index contributed by atoms with van der Waals surface area (Å²) in [5, 5.41) is 11.8. The summed E-state index contributed by atoms with van der Waals surface area (Å²) in [7, 11) is 0. The molecule has 0 heterocycles. The van der Waals surface area contributed by atoms with Crippen molar-refractivity contribution in [1.29, 1.82) is 0 Å². The van der Waals surface area contributed by atoms with E-state index in [1.807, 2.05) is 32.6 Å². The lowest BCUT2D eigenvalue weighted by Crippen LogP contribution is -2.47. The van der Waals surface area contributed by atoms with Crippen LogP contribution in [-0.2, 0) is 4.79 Å². The minimum Gasteiger partial charge on any atom is -0.409 e. The van der Waals surface area contributed by atoms with Gasteiger partial charge in [0.1, 0.15) is 5.92 Å². The highest BCUT2D eigenvalue weighted by Crippen LogP contribution is 2.17. The topological polar surface area (TPSA) is 78.9 Å². The van der Waals surface area contributed by atoms with Crippen molar-refractivity contribution in [3.63, 3.8) is 0 Å². The van der Waals surface area contributed by atoms with Gasteiger partial charge in [-0.1, -0.05) is 38.8 Å². The van der Waals surface area contributed by atoms with Crippen LogP contribution >= 0.6 is 0 Å². The Labute approximate surface area is 116 Å². The van der Waals surface area contributed by atoms with Gasteiger partial charge in [0.05, 0.1) is 0 Å². The predicted molar refractivity (Wildman–Crippen MR) is 78.1 cm³/mol. The molecule has 0 rings (SSSR count). The van der Waals surface area contributed by atoms with Gasteiger partial charge in [-0.05, 0) is 26.2 Å². The molecule has 0 aliphatic heterocycles. The minimum absolute atomic E-state index is 0.00106. The number of unbranched alkanes of at least 4 members (excludes halogenated alkanes) is 2. The molecule has 0 aliphatic rings. The SMILES string of the molecule is CCCCCN(C(=O)C(C(N)=NO)C(C)C)C(C)C. The summed E-state index contributed by atoms with van der Waals surface area (Å²) in [5.41, 5.74) is 5.66. The lowest BCUT2D eigenvalue weighted by molar-refractivity contribution is -0.136. The number of oxime groups is 1. The number of hydrogen-bond acceptors (Lipinski definition) is 3. The summed E-state index contributed by atoms with van der Waals surface area (Å²) in [4.78, 5) is 14.4. The minimum atomic E-state index is -0.547. The molecular formula is C14H29N3O2. The van der Waals surface area contributed by atoms with E-state index in [0.717, 1.165) is 25.8 Å². The number of carbonyl (C=O) groups excluding carboxylic acids is 1. The van der Waals surface area contributed by atoms with E-state index in [-0.39, 0.29) is 23.7 Å². The second-order valence-electron chi connectivity index (χ2n) is 5.58. The number of nitrogens with zero attached hydrogens (tertiary/aromatic N) is 2. The number of hydrogen-bond donors (Lipinski definition) is 2. The summed E-state index contributed by atoms with van der Waals surface area (Å²) < 4.78 is 0. The molecular weight excluding hydrogens is 242 g/mol. The molecule has 3 N–H and O–H groups in total. The highest BCUT2D eigenvalue weighted by molar-refractivity contribution is 6.02. The van der Waals surface area contributed by atoms with Crippen LogP contribution in [0, 0.1) is 11.8 Å². The van der Waals surface area contributed by atoms with Crippen LogP contribution in [0.4, 0.5) is 0 Å². The van der Waals surface area contributed by atoms with Crippen molar-refractivity contribution < 1.29 is 10.0 Å². The normalized spacial score (nSPS) is 13.9. The number of amidine groups is 1. The zero-order chi connectivity index (χ0) is 15.0. The summed E-state index contributed by atoms with van der Waals surface area (Å²) in [6.07, 6.45) is 3.21. The van der Waals surface area contributed by atoms with Crippen LogP contribution in [0.25, 0.3) is 0 Å². The Bertz CT molecular complexity index is 301. The first-order valence-corrected chi connectivity index (χ1v) is 7.14. The maximum absolute atomic E-state index is 12.6. The summed E-state index contributed by atoms with van der Waals surface area (Å²) in [5.74, 6) is -0.581. The van der Waals surface area contributed by atoms with Crippen molar-refractivity contribution in [2.24, 2.45) is 22.7 Å². The molecule has 0 spiro atoms. The third-order valence-corrected chi connectivity index (χ3v) is 3.28. The van der Waals surface area contributed by atoms with E-state index < -0.39 is 5.92 Å². The molecule has 0 fully saturated rings. The van der Waals surface area contributed by atoms with Gasteiger partial charge in [-0.25, -0.2) is 0 Å².